The van der Waals surface area contributed by atoms with Crippen molar-refractivity contribution in [2.75, 3.05) is 18.0 Å². The van der Waals surface area contributed by atoms with Crippen LogP contribution in [-0.2, 0) is 4.79 Å². The normalized spacial score (nSPS) is 14.2. The van der Waals surface area contributed by atoms with Crippen molar-refractivity contribution in [3.63, 3.8) is 0 Å². The molecule has 0 saturated carbocycles. The summed E-state index contributed by atoms with van der Waals surface area (Å²) in [6.45, 7) is 13.5. The predicted molar refractivity (Wildman–Crippen MR) is 134 cm³/mol. The van der Waals surface area contributed by atoms with E-state index in [1.807, 2.05) is 38.1 Å². The van der Waals surface area contributed by atoms with Gasteiger partial charge in [-0.2, -0.15) is 0 Å². The van der Waals surface area contributed by atoms with E-state index in [9.17, 15) is 9.59 Å². The molecule has 33 heavy (non-hydrogen) atoms. The number of hydrogen-bond acceptors (Lipinski definition) is 5. The van der Waals surface area contributed by atoms with Gasteiger partial charge in [0.2, 0.25) is 0 Å². The van der Waals surface area contributed by atoms with Gasteiger partial charge >= 0.3 is 5.97 Å². The Kier molecular flexibility index (Phi) is 7.42. The van der Waals surface area contributed by atoms with Crippen molar-refractivity contribution < 1.29 is 19.1 Å². The zero-order chi connectivity index (χ0) is 24.2. The maximum absolute atomic E-state index is 13.1. The molecule has 2 aromatic rings. The van der Waals surface area contributed by atoms with E-state index in [0.29, 0.717) is 22.6 Å². The molecule has 0 saturated heterocycles. The van der Waals surface area contributed by atoms with Crippen molar-refractivity contribution in [3.8, 4) is 11.5 Å². The molecule has 0 unspecified atom stereocenters. The number of carbonyl (C=O) groups excluding carboxylic acids is 2. The number of allylic oxidation sites excluding steroid dienone is 1. The van der Waals surface area contributed by atoms with Crippen LogP contribution in [0, 0.1) is 5.92 Å². The summed E-state index contributed by atoms with van der Waals surface area (Å²) in [6.07, 6.45) is 7.10. The molecule has 0 bridgehead atoms. The van der Waals surface area contributed by atoms with Gasteiger partial charge in [-0.05, 0) is 75.8 Å². The number of carbonyl (C=O) groups is 2. The number of hydrogen-bond donors (Lipinski definition) is 0. The van der Waals surface area contributed by atoms with Gasteiger partial charge < -0.3 is 14.4 Å². The molecule has 0 atom stereocenters. The molecule has 0 aliphatic carbocycles. The number of anilines is 1. The highest BCUT2D eigenvalue weighted by atomic mass is 16.5. The summed E-state index contributed by atoms with van der Waals surface area (Å²) in [7, 11) is 0. The van der Waals surface area contributed by atoms with Gasteiger partial charge in [0.05, 0.1) is 17.0 Å². The number of nitrogens with zero attached hydrogens (tertiary/aromatic N) is 1. The van der Waals surface area contributed by atoms with Gasteiger partial charge in [-0.15, -0.1) is 0 Å². The second kappa shape index (κ2) is 10.1. The van der Waals surface area contributed by atoms with Crippen LogP contribution in [0.1, 0.15) is 63.0 Å². The van der Waals surface area contributed by atoms with Crippen molar-refractivity contribution >= 4 is 29.6 Å². The van der Waals surface area contributed by atoms with Gasteiger partial charge in [0, 0.05) is 18.8 Å². The molecule has 1 heterocycles. The lowest BCUT2D eigenvalue weighted by atomic mass is 9.97. The molecule has 5 heteroatoms. The molecule has 0 amide bonds. The Labute approximate surface area is 196 Å². The second-order valence-corrected chi connectivity index (χ2v) is 8.93. The van der Waals surface area contributed by atoms with Gasteiger partial charge in [-0.25, -0.2) is 0 Å². The van der Waals surface area contributed by atoms with E-state index in [0.717, 1.165) is 24.3 Å². The average Bonchev–Trinajstić information content (AvgIpc) is 2.78. The SMILES string of the molecule is CCN(CC)c1ccc(/C=C/C(=O)c2ccc(OC(=O)C(C)C)c3c2OC(C)(C)C=C3)cc1. The van der Waals surface area contributed by atoms with E-state index in [4.69, 9.17) is 9.47 Å². The Hall–Kier alpha value is -3.34. The first kappa shape index (κ1) is 24.3. The molecule has 1 aliphatic rings. The third-order valence-corrected chi connectivity index (χ3v) is 5.57. The van der Waals surface area contributed by atoms with E-state index in [1.54, 1.807) is 38.1 Å². The summed E-state index contributed by atoms with van der Waals surface area (Å²) in [5.74, 6) is 0.0588. The molecule has 3 rings (SSSR count). The zero-order valence-corrected chi connectivity index (χ0v) is 20.3. The Morgan fingerprint density at radius 1 is 1.06 bits per heavy atom. The summed E-state index contributed by atoms with van der Waals surface area (Å²) in [4.78, 5) is 27.5. The molecular weight excluding hydrogens is 414 g/mol. The third-order valence-electron chi connectivity index (χ3n) is 5.57. The highest BCUT2D eigenvalue weighted by Gasteiger charge is 2.28. The standard InChI is InChI=1S/C28H33NO4/c1-7-29(8-2)21-12-9-20(10-13-21)11-15-24(30)22-14-16-25(32-27(31)19(3)4)23-17-18-28(5,6)33-26(22)23/h9-19H,7-8H2,1-6H3/b15-11+. The minimum Gasteiger partial charge on any atom is -0.482 e. The van der Waals surface area contributed by atoms with E-state index < -0.39 is 5.60 Å². The van der Waals surface area contributed by atoms with E-state index in [1.165, 1.54) is 0 Å². The van der Waals surface area contributed by atoms with Crippen LogP contribution in [-0.4, -0.2) is 30.4 Å². The smallest absolute Gasteiger partial charge is 0.313 e. The number of rotatable bonds is 8. The number of benzene rings is 2. The molecule has 0 N–H and O–H groups in total. The molecule has 1 aliphatic heterocycles. The Morgan fingerprint density at radius 3 is 2.33 bits per heavy atom. The zero-order valence-electron chi connectivity index (χ0n) is 20.3. The summed E-state index contributed by atoms with van der Waals surface area (Å²) in [5, 5.41) is 0. The van der Waals surface area contributed by atoms with Crippen LogP contribution >= 0.6 is 0 Å². The fourth-order valence-electron chi connectivity index (χ4n) is 3.59. The minimum atomic E-state index is -0.577. The summed E-state index contributed by atoms with van der Waals surface area (Å²) in [5.41, 5.74) is 2.56. The number of ketones is 1. The molecular formula is C28H33NO4. The van der Waals surface area contributed by atoms with E-state index in [2.05, 4.69) is 30.9 Å². The van der Waals surface area contributed by atoms with Crippen LogP contribution < -0.4 is 14.4 Å². The fraction of sp³-hybridized carbons (Fsp3) is 0.357. The van der Waals surface area contributed by atoms with Crippen molar-refractivity contribution in [1.29, 1.82) is 0 Å². The monoisotopic (exact) mass is 447 g/mol. The lowest BCUT2D eigenvalue weighted by molar-refractivity contribution is -0.137. The van der Waals surface area contributed by atoms with Crippen LogP contribution in [0.2, 0.25) is 0 Å². The molecule has 0 spiro atoms. The summed E-state index contributed by atoms with van der Waals surface area (Å²) < 4.78 is 11.7. The highest BCUT2D eigenvalue weighted by molar-refractivity contribution is 6.09. The van der Waals surface area contributed by atoms with Gasteiger partial charge in [0.1, 0.15) is 17.1 Å². The summed E-state index contributed by atoms with van der Waals surface area (Å²) >= 11 is 0. The summed E-state index contributed by atoms with van der Waals surface area (Å²) in [6, 6.07) is 11.5. The van der Waals surface area contributed by atoms with Crippen LogP contribution in [0.5, 0.6) is 11.5 Å². The molecule has 0 radical (unpaired) electrons. The van der Waals surface area contributed by atoms with Gasteiger partial charge in [0.15, 0.2) is 5.78 Å². The van der Waals surface area contributed by atoms with E-state index >= 15 is 0 Å². The van der Waals surface area contributed by atoms with Crippen LogP contribution in [0.4, 0.5) is 5.69 Å². The number of fused-ring (bicyclic) bond motifs is 1. The van der Waals surface area contributed by atoms with Gasteiger partial charge in [0.25, 0.3) is 0 Å². The fourth-order valence-corrected chi connectivity index (χ4v) is 3.59. The minimum absolute atomic E-state index is 0.174. The van der Waals surface area contributed by atoms with Crippen molar-refractivity contribution in [2.45, 2.75) is 47.1 Å². The van der Waals surface area contributed by atoms with Gasteiger partial charge in [-0.3, -0.25) is 9.59 Å². The quantitative estimate of drug-likeness (QED) is 0.209. The maximum Gasteiger partial charge on any atom is 0.313 e. The second-order valence-electron chi connectivity index (χ2n) is 8.93. The molecule has 5 nitrogen and oxygen atoms in total. The molecule has 0 aromatic heterocycles. The highest BCUT2D eigenvalue weighted by Crippen LogP contribution is 2.40. The lowest BCUT2D eigenvalue weighted by Crippen LogP contribution is -2.29. The van der Waals surface area contributed by atoms with Crippen molar-refractivity contribution in [3.05, 3.63) is 65.2 Å². The van der Waals surface area contributed by atoms with E-state index in [-0.39, 0.29) is 17.7 Å². The Morgan fingerprint density at radius 2 is 1.73 bits per heavy atom. The van der Waals surface area contributed by atoms with Crippen LogP contribution in [0.25, 0.3) is 12.2 Å². The first-order valence-electron chi connectivity index (χ1n) is 11.5. The molecule has 0 fully saturated rings. The van der Waals surface area contributed by atoms with Crippen molar-refractivity contribution in [1.82, 2.24) is 0 Å². The molecule has 2 aromatic carbocycles. The number of ether oxygens (including phenoxy) is 2. The number of esters is 1. The Bertz CT molecular complexity index is 1070. The van der Waals surface area contributed by atoms with Crippen LogP contribution in [0.15, 0.2) is 48.6 Å². The van der Waals surface area contributed by atoms with Crippen molar-refractivity contribution in [2.24, 2.45) is 5.92 Å². The Balaban J connectivity index is 1.89. The largest absolute Gasteiger partial charge is 0.482 e. The maximum atomic E-state index is 13.1. The lowest BCUT2D eigenvalue weighted by Gasteiger charge is -2.30. The first-order chi connectivity index (χ1) is 15.6. The predicted octanol–water partition coefficient (Wildman–Crippen LogP) is 6.17. The topological polar surface area (TPSA) is 55.8 Å². The molecule has 174 valence electrons. The first-order valence-corrected chi connectivity index (χ1v) is 11.5. The average molecular weight is 448 g/mol. The third kappa shape index (κ3) is 5.72. The van der Waals surface area contributed by atoms with Crippen LogP contribution in [0.3, 0.4) is 0 Å². The van der Waals surface area contributed by atoms with Gasteiger partial charge in [-0.1, -0.05) is 32.1 Å².